The fraction of sp³-hybridized carbons (Fsp3) is 0.643. The van der Waals surface area contributed by atoms with Crippen LogP contribution in [0.3, 0.4) is 0 Å². The summed E-state index contributed by atoms with van der Waals surface area (Å²) in [4.78, 5) is 38.3. The minimum absolute atomic E-state index is 0.101. The molecule has 0 N–H and O–H groups in total. The predicted octanol–water partition coefficient (Wildman–Crippen LogP) is 21.4. The molecule has 0 saturated heterocycles. The number of ether oxygens (including phenoxy) is 3. The molecule has 0 aliphatic carbocycles. The van der Waals surface area contributed by atoms with E-state index in [1.54, 1.807) is 0 Å². The Bertz CT molecular complexity index is 1630. The molecule has 0 aromatic rings. The second-order valence-corrected chi connectivity index (χ2v) is 20.2. The van der Waals surface area contributed by atoms with E-state index < -0.39 is 6.10 Å². The number of carbonyl (C=O) groups excluding carboxylic acids is 3. The highest BCUT2D eigenvalue weighted by Gasteiger charge is 2.19. The summed E-state index contributed by atoms with van der Waals surface area (Å²) in [5.74, 6) is -0.947. The van der Waals surface area contributed by atoms with E-state index in [9.17, 15) is 14.4 Å². The summed E-state index contributed by atoms with van der Waals surface area (Å²) < 4.78 is 16.9. The van der Waals surface area contributed by atoms with Gasteiger partial charge in [0.15, 0.2) is 6.10 Å². The lowest BCUT2D eigenvalue weighted by Gasteiger charge is -2.18. The van der Waals surface area contributed by atoms with Crippen molar-refractivity contribution in [3.8, 4) is 0 Å². The summed E-state index contributed by atoms with van der Waals surface area (Å²) in [7, 11) is 0. The number of esters is 3. The van der Waals surface area contributed by atoms with Crippen molar-refractivity contribution in [1.29, 1.82) is 0 Å². The van der Waals surface area contributed by atoms with Crippen LogP contribution in [0.5, 0.6) is 0 Å². The topological polar surface area (TPSA) is 78.9 Å². The molecule has 0 rings (SSSR count). The summed E-state index contributed by atoms with van der Waals surface area (Å²) in [5.41, 5.74) is 0. The highest BCUT2D eigenvalue weighted by Crippen LogP contribution is 2.14. The van der Waals surface area contributed by atoms with Gasteiger partial charge in [0, 0.05) is 19.3 Å². The van der Waals surface area contributed by atoms with Crippen molar-refractivity contribution in [3.05, 3.63) is 134 Å². The van der Waals surface area contributed by atoms with Crippen LogP contribution in [0.15, 0.2) is 134 Å². The zero-order valence-corrected chi connectivity index (χ0v) is 49.2. The molecule has 6 heteroatoms. The Labute approximate surface area is 468 Å². The van der Waals surface area contributed by atoms with Crippen LogP contribution in [0.1, 0.15) is 271 Å². The van der Waals surface area contributed by atoms with Gasteiger partial charge in [-0.2, -0.15) is 0 Å². The molecule has 0 aliphatic heterocycles. The van der Waals surface area contributed by atoms with Crippen molar-refractivity contribution in [2.45, 2.75) is 277 Å². The first-order valence-corrected chi connectivity index (χ1v) is 31.2. The zero-order valence-electron chi connectivity index (χ0n) is 49.2. The quantitative estimate of drug-likeness (QED) is 0.0261. The Hall–Kier alpha value is -4.45. The van der Waals surface area contributed by atoms with Crippen LogP contribution in [-0.4, -0.2) is 37.2 Å². The summed E-state index contributed by atoms with van der Waals surface area (Å²) >= 11 is 0. The second-order valence-electron chi connectivity index (χ2n) is 20.2. The molecule has 0 heterocycles. The number of hydrogen-bond acceptors (Lipinski definition) is 6. The van der Waals surface area contributed by atoms with Gasteiger partial charge in [-0.1, -0.05) is 251 Å². The first kappa shape index (κ1) is 71.5. The van der Waals surface area contributed by atoms with Gasteiger partial charge in [0.2, 0.25) is 0 Å². The van der Waals surface area contributed by atoms with Gasteiger partial charge >= 0.3 is 17.9 Å². The van der Waals surface area contributed by atoms with E-state index >= 15 is 0 Å². The summed E-state index contributed by atoms with van der Waals surface area (Å²) in [6.45, 7) is 6.37. The maximum Gasteiger partial charge on any atom is 0.306 e. The molecular formula is C70H114O6. The molecule has 430 valence electrons. The van der Waals surface area contributed by atoms with Gasteiger partial charge in [-0.05, 0) is 135 Å². The molecule has 76 heavy (non-hydrogen) atoms. The number of unbranched alkanes of at least 4 members (excludes halogenated alkanes) is 22. The van der Waals surface area contributed by atoms with E-state index in [0.717, 1.165) is 148 Å². The van der Waals surface area contributed by atoms with Crippen LogP contribution in [-0.2, 0) is 28.6 Å². The molecule has 1 unspecified atom stereocenters. The average Bonchev–Trinajstić information content (AvgIpc) is 3.42. The molecule has 1 atom stereocenters. The van der Waals surface area contributed by atoms with Crippen molar-refractivity contribution < 1.29 is 28.6 Å². The third kappa shape index (κ3) is 60.4. The van der Waals surface area contributed by atoms with Crippen molar-refractivity contribution >= 4 is 17.9 Å². The number of rotatable bonds is 55. The number of allylic oxidation sites excluding steroid dienone is 22. The van der Waals surface area contributed by atoms with Crippen LogP contribution in [0, 0.1) is 0 Å². The van der Waals surface area contributed by atoms with Gasteiger partial charge in [-0.3, -0.25) is 14.4 Å². The standard InChI is InChI=1S/C70H114O6/c1-4-7-10-13-16-19-22-25-28-30-32-33-34-35-36-37-39-40-42-45-48-51-54-57-60-63-69(72)75-66-67(65-74-68(71)62-59-56-53-50-47-44-27-24-21-18-15-12-9-6-3)76-70(73)64-61-58-55-52-49-46-43-41-38-31-29-26-23-20-17-14-11-8-5-2/h7-8,10-11,16-17,19-20,24-29,32-33,35-36,38,41,46,49,67H,4-6,9,12-15,18,21-23,30-31,34,37,39-40,42-45,47-48,50-66H2,1-3H3/b10-7-,11-8-,19-16-,20-17-,27-24-,28-25-,29-26-,33-32-,36-35-,41-38-,49-46-. The minimum Gasteiger partial charge on any atom is -0.462 e. The maximum atomic E-state index is 12.9. The highest BCUT2D eigenvalue weighted by molar-refractivity contribution is 5.71. The largest absolute Gasteiger partial charge is 0.462 e. The van der Waals surface area contributed by atoms with Crippen LogP contribution in [0.4, 0.5) is 0 Å². The first-order valence-electron chi connectivity index (χ1n) is 31.2. The molecule has 6 nitrogen and oxygen atoms in total. The van der Waals surface area contributed by atoms with Gasteiger partial charge < -0.3 is 14.2 Å². The lowest BCUT2D eigenvalue weighted by molar-refractivity contribution is -0.167. The Morgan fingerprint density at radius 1 is 0.276 bits per heavy atom. The normalized spacial score (nSPS) is 13.0. The van der Waals surface area contributed by atoms with Crippen LogP contribution < -0.4 is 0 Å². The molecule has 0 radical (unpaired) electrons. The fourth-order valence-corrected chi connectivity index (χ4v) is 8.25. The maximum absolute atomic E-state index is 12.9. The van der Waals surface area contributed by atoms with Gasteiger partial charge in [0.05, 0.1) is 0 Å². The van der Waals surface area contributed by atoms with Crippen LogP contribution >= 0.6 is 0 Å². The van der Waals surface area contributed by atoms with Gasteiger partial charge in [0.1, 0.15) is 13.2 Å². The Kier molecular flexibility index (Phi) is 59.4. The summed E-state index contributed by atoms with van der Waals surface area (Å²) in [6, 6.07) is 0. The highest BCUT2D eigenvalue weighted by atomic mass is 16.6. The predicted molar refractivity (Wildman–Crippen MR) is 329 cm³/mol. The molecule has 0 aromatic heterocycles. The van der Waals surface area contributed by atoms with E-state index in [-0.39, 0.29) is 37.5 Å². The molecule has 0 fully saturated rings. The zero-order chi connectivity index (χ0) is 55.0. The molecular weight excluding hydrogens is 937 g/mol. The molecule has 0 amide bonds. The lowest BCUT2D eigenvalue weighted by atomic mass is 10.1. The molecule has 0 saturated carbocycles. The van der Waals surface area contributed by atoms with Crippen LogP contribution in [0.2, 0.25) is 0 Å². The molecule has 0 bridgehead atoms. The Morgan fingerprint density at radius 3 is 0.829 bits per heavy atom. The van der Waals surface area contributed by atoms with Crippen molar-refractivity contribution in [1.82, 2.24) is 0 Å². The van der Waals surface area contributed by atoms with Crippen molar-refractivity contribution in [2.75, 3.05) is 13.2 Å². The van der Waals surface area contributed by atoms with E-state index in [1.165, 1.54) is 83.5 Å². The van der Waals surface area contributed by atoms with E-state index in [2.05, 4.69) is 154 Å². The van der Waals surface area contributed by atoms with Crippen LogP contribution in [0.25, 0.3) is 0 Å². The van der Waals surface area contributed by atoms with E-state index in [0.29, 0.717) is 12.8 Å². The van der Waals surface area contributed by atoms with E-state index in [4.69, 9.17) is 14.2 Å². The van der Waals surface area contributed by atoms with Crippen molar-refractivity contribution in [3.63, 3.8) is 0 Å². The smallest absolute Gasteiger partial charge is 0.306 e. The third-order valence-electron chi connectivity index (χ3n) is 12.9. The molecule has 0 spiro atoms. The van der Waals surface area contributed by atoms with Gasteiger partial charge in [-0.15, -0.1) is 0 Å². The first-order chi connectivity index (χ1) is 37.5. The average molecular weight is 1050 g/mol. The minimum atomic E-state index is -0.807. The third-order valence-corrected chi connectivity index (χ3v) is 12.9. The Morgan fingerprint density at radius 2 is 0.513 bits per heavy atom. The van der Waals surface area contributed by atoms with Crippen molar-refractivity contribution in [2.24, 2.45) is 0 Å². The van der Waals surface area contributed by atoms with Gasteiger partial charge in [-0.25, -0.2) is 0 Å². The van der Waals surface area contributed by atoms with E-state index in [1.807, 2.05) is 0 Å². The SMILES string of the molecule is CC/C=C\C/C=C\C/C=C\C/C=C\C/C=C\CCCCCCCCCCCC(=O)OCC(COC(=O)CCCCCCC/C=C\CCCCCCC)OC(=O)CCCCC/C=C\C/C=C\C/C=C\C/C=C\C/C=C\CC. The lowest BCUT2D eigenvalue weighted by Crippen LogP contribution is -2.30. The van der Waals surface area contributed by atoms with Gasteiger partial charge in [0.25, 0.3) is 0 Å². The number of carbonyl (C=O) groups is 3. The number of hydrogen-bond donors (Lipinski definition) is 0. The molecule has 0 aromatic carbocycles. The summed E-state index contributed by atoms with van der Waals surface area (Å²) in [6.07, 6.45) is 88.7. The summed E-state index contributed by atoms with van der Waals surface area (Å²) in [5, 5.41) is 0. The fourth-order valence-electron chi connectivity index (χ4n) is 8.25. The molecule has 0 aliphatic rings. The monoisotopic (exact) mass is 1050 g/mol. The Balaban J connectivity index is 4.43. The second kappa shape index (κ2) is 63.1.